The van der Waals surface area contributed by atoms with Crippen LogP contribution in [0.2, 0.25) is 0 Å². The summed E-state index contributed by atoms with van der Waals surface area (Å²) in [4.78, 5) is 0. The largest absolute Gasteiger partial charge is 0.316 e. The smallest absolute Gasteiger partial charge is 0.00176 e. The number of hydrogen-bond acceptors (Lipinski definition) is 1. The Bertz CT molecular complexity index is 435. The van der Waals surface area contributed by atoms with Crippen LogP contribution in [-0.2, 0) is 6.42 Å². The maximum atomic E-state index is 3.69. The molecule has 0 spiro atoms. The summed E-state index contributed by atoms with van der Waals surface area (Å²) in [5, 5.41) is 3.69. The monoisotopic (exact) mass is 287 g/mol. The Morgan fingerprint density at radius 3 is 2.43 bits per heavy atom. The fourth-order valence-corrected chi connectivity index (χ4v) is 3.61. The Hall–Kier alpha value is -0.820. The normalized spacial score (nSPS) is 22.7. The maximum absolute atomic E-state index is 3.69. The van der Waals surface area contributed by atoms with Gasteiger partial charge >= 0.3 is 0 Å². The highest BCUT2D eigenvalue weighted by atomic mass is 14.9. The van der Waals surface area contributed by atoms with Crippen LogP contribution in [0.1, 0.15) is 56.2 Å². The highest BCUT2D eigenvalue weighted by Crippen LogP contribution is 2.32. The lowest BCUT2D eigenvalue weighted by atomic mass is 9.76. The molecule has 0 amide bonds. The molecule has 0 heterocycles. The molecule has 118 valence electrons. The zero-order chi connectivity index (χ0) is 15.2. The van der Waals surface area contributed by atoms with Gasteiger partial charge in [-0.05, 0) is 80.6 Å². The van der Waals surface area contributed by atoms with Crippen LogP contribution in [0.4, 0.5) is 0 Å². The number of rotatable bonds is 6. The van der Waals surface area contributed by atoms with E-state index in [0.717, 1.165) is 24.3 Å². The van der Waals surface area contributed by atoms with Crippen molar-refractivity contribution in [3.05, 3.63) is 34.9 Å². The lowest BCUT2D eigenvalue weighted by Crippen LogP contribution is -2.33. The van der Waals surface area contributed by atoms with Gasteiger partial charge in [-0.2, -0.15) is 0 Å². The molecule has 1 aliphatic carbocycles. The molecule has 0 aliphatic heterocycles. The molecule has 1 N–H and O–H groups in total. The van der Waals surface area contributed by atoms with E-state index in [2.05, 4.69) is 51.2 Å². The van der Waals surface area contributed by atoms with Crippen molar-refractivity contribution in [3.8, 4) is 0 Å². The molecule has 0 saturated heterocycles. The van der Waals surface area contributed by atoms with Crippen LogP contribution in [0.15, 0.2) is 18.2 Å². The number of aryl methyl sites for hydroxylation is 2. The van der Waals surface area contributed by atoms with Crippen molar-refractivity contribution in [1.29, 1.82) is 0 Å². The summed E-state index contributed by atoms with van der Waals surface area (Å²) >= 11 is 0. The number of benzene rings is 1. The summed E-state index contributed by atoms with van der Waals surface area (Å²) in [6, 6.07) is 7.04. The predicted octanol–water partition coefficient (Wildman–Crippen LogP) is 4.90. The summed E-state index contributed by atoms with van der Waals surface area (Å²) < 4.78 is 0. The lowest BCUT2D eigenvalue weighted by molar-refractivity contribution is 0.226. The molecule has 1 saturated carbocycles. The van der Waals surface area contributed by atoms with Crippen LogP contribution in [0.5, 0.6) is 0 Å². The fraction of sp³-hybridized carbons (Fsp3) is 0.700. The Labute approximate surface area is 131 Å². The third-order valence-electron chi connectivity index (χ3n) is 5.09. The van der Waals surface area contributed by atoms with E-state index in [0.29, 0.717) is 0 Å². The van der Waals surface area contributed by atoms with E-state index in [1.807, 2.05) is 0 Å². The van der Waals surface area contributed by atoms with Gasteiger partial charge in [0.05, 0.1) is 0 Å². The minimum Gasteiger partial charge on any atom is -0.316 e. The first-order chi connectivity index (χ1) is 10.1. The van der Waals surface area contributed by atoms with Crippen LogP contribution in [-0.4, -0.2) is 13.1 Å². The average molecular weight is 287 g/mol. The summed E-state index contributed by atoms with van der Waals surface area (Å²) in [6.45, 7) is 11.4. The minimum atomic E-state index is 0.756. The van der Waals surface area contributed by atoms with E-state index in [-0.39, 0.29) is 0 Å². The van der Waals surface area contributed by atoms with Gasteiger partial charge in [0.2, 0.25) is 0 Å². The molecule has 0 aromatic heterocycles. The summed E-state index contributed by atoms with van der Waals surface area (Å²) in [5.41, 5.74) is 4.40. The van der Waals surface area contributed by atoms with E-state index >= 15 is 0 Å². The lowest BCUT2D eigenvalue weighted by Gasteiger charge is -2.32. The molecule has 0 bridgehead atoms. The molecule has 1 aliphatic rings. The Morgan fingerprint density at radius 2 is 1.76 bits per heavy atom. The standard InChI is InChI=1S/C20H33N/c1-15(2)13-21-14-20-8-6-5-7-19(20)12-18-10-9-16(3)17(4)11-18/h9-11,15,19-21H,5-8,12-14H2,1-4H3. The third-order valence-corrected chi connectivity index (χ3v) is 5.09. The van der Waals surface area contributed by atoms with Crippen LogP contribution in [0.25, 0.3) is 0 Å². The molecule has 1 heteroatoms. The highest BCUT2D eigenvalue weighted by molar-refractivity contribution is 5.30. The van der Waals surface area contributed by atoms with Gasteiger partial charge < -0.3 is 5.32 Å². The SMILES string of the molecule is Cc1ccc(CC2CCCCC2CNCC(C)C)cc1C. The van der Waals surface area contributed by atoms with Crippen molar-refractivity contribution in [2.45, 2.75) is 59.8 Å². The molecule has 2 unspecified atom stereocenters. The molecule has 2 rings (SSSR count). The molecule has 1 aromatic carbocycles. The second-order valence-electron chi connectivity index (χ2n) is 7.48. The Balaban J connectivity index is 1.93. The zero-order valence-corrected chi connectivity index (χ0v) is 14.4. The third kappa shape index (κ3) is 5.14. The topological polar surface area (TPSA) is 12.0 Å². The minimum absolute atomic E-state index is 0.756. The molecule has 1 nitrogen and oxygen atoms in total. The van der Waals surface area contributed by atoms with Crippen LogP contribution < -0.4 is 5.32 Å². The molecule has 1 fully saturated rings. The Kier molecular flexibility index (Phi) is 6.29. The van der Waals surface area contributed by atoms with Crippen molar-refractivity contribution >= 4 is 0 Å². The van der Waals surface area contributed by atoms with Gasteiger partial charge in [0.1, 0.15) is 0 Å². The fourth-order valence-electron chi connectivity index (χ4n) is 3.61. The van der Waals surface area contributed by atoms with Crippen molar-refractivity contribution in [2.75, 3.05) is 13.1 Å². The summed E-state index contributed by atoms with van der Waals surface area (Å²) in [7, 11) is 0. The Morgan fingerprint density at radius 1 is 1.05 bits per heavy atom. The van der Waals surface area contributed by atoms with E-state index < -0.39 is 0 Å². The van der Waals surface area contributed by atoms with Gasteiger partial charge in [-0.25, -0.2) is 0 Å². The number of nitrogens with one attached hydrogen (secondary N) is 1. The van der Waals surface area contributed by atoms with Crippen molar-refractivity contribution < 1.29 is 0 Å². The molecule has 21 heavy (non-hydrogen) atoms. The predicted molar refractivity (Wildman–Crippen MR) is 92.8 cm³/mol. The zero-order valence-electron chi connectivity index (χ0n) is 14.4. The summed E-state index contributed by atoms with van der Waals surface area (Å²) in [5.74, 6) is 2.51. The van der Waals surface area contributed by atoms with Crippen molar-refractivity contribution in [1.82, 2.24) is 5.32 Å². The van der Waals surface area contributed by atoms with E-state index in [4.69, 9.17) is 0 Å². The van der Waals surface area contributed by atoms with Crippen LogP contribution in [0.3, 0.4) is 0 Å². The highest BCUT2D eigenvalue weighted by Gasteiger charge is 2.25. The molecule has 2 atom stereocenters. The van der Waals surface area contributed by atoms with Crippen molar-refractivity contribution in [2.24, 2.45) is 17.8 Å². The van der Waals surface area contributed by atoms with Gasteiger partial charge in [0.15, 0.2) is 0 Å². The average Bonchev–Trinajstić information content (AvgIpc) is 2.44. The van der Waals surface area contributed by atoms with E-state index in [9.17, 15) is 0 Å². The first-order valence-electron chi connectivity index (χ1n) is 8.83. The van der Waals surface area contributed by atoms with E-state index in [1.165, 1.54) is 49.8 Å². The quantitative estimate of drug-likeness (QED) is 0.785. The van der Waals surface area contributed by atoms with Gasteiger partial charge in [0.25, 0.3) is 0 Å². The molecular weight excluding hydrogens is 254 g/mol. The molecule has 1 aromatic rings. The first-order valence-corrected chi connectivity index (χ1v) is 8.83. The molecule has 0 radical (unpaired) electrons. The van der Waals surface area contributed by atoms with E-state index in [1.54, 1.807) is 5.56 Å². The summed E-state index contributed by atoms with van der Waals surface area (Å²) in [6.07, 6.45) is 6.96. The number of hydrogen-bond donors (Lipinski definition) is 1. The van der Waals surface area contributed by atoms with Gasteiger partial charge in [-0.1, -0.05) is 44.9 Å². The van der Waals surface area contributed by atoms with Gasteiger partial charge in [-0.15, -0.1) is 0 Å². The first kappa shape index (κ1) is 16.5. The van der Waals surface area contributed by atoms with Crippen molar-refractivity contribution in [3.63, 3.8) is 0 Å². The van der Waals surface area contributed by atoms with Crippen LogP contribution >= 0.6 is 0 Å². The van der Waals surface area contributed by atoms with Gasteiger partial charge in [0, 0.05) is 0 Å². The van der Waals surface area contributed by atoms with Gasteiger partial charge in [-0.3, -0.25) is 0 Å². The second-order valence-corrected chi connectivity index (χ2v) is 7.48. The van der Waals surface area contributed by atoms with Crippen LogP contribution in [0, 0.1) is 31.6 Å². The second kappa shape index (κ2) is 7.98. The maximum Gasteiger partial charge on any atom is -0.00176 e. The molecular formula is C20H33N.